The molecule has 8 nitrogen and oxygen atoms in total. The van der Waals surface area contributed by atoms with Crippen LogP contribution in [0.2, 0.25) is 20.1 Å². The Kier molecular flexibility index (Phi) is 5.49. The molecule has 3 rings (SSSR count). The predicted molar refractivity (Wildman–Crippen MR) is 104 cm³/mol. The van der Waals surface area contributed by atoms with Crippen molar-refractivity contribution in [1.82, 2.24) is 4.90 Å². The quantitative estimate of drug-likeness (QED) is 0.237. The molecule has 0 saturated carbocycles. The minimum Gasteiger partial charge on any atom is -0.319 e. The number of para-hydroxylation sites is 2. The summed E-state index contributed by atoms with van der Waals surface area (Å²) < 4.78 is 0. The van der Waals surface area contributed by atoms with E-state index in [0.717, 1.165) is 0 Å². The van der Waals surface area contributed by atoms with Crippen LogP contribution in [0.1, 0.15) is 20.7 Å². The third-order valence-electron chi connectivity index (χ3n) is 3.86. The van der Waals surface area contributed by atoms with Crippen molar-refractivity contribution < 1.29 is 19.3 Å². The van der Waals surface area contributed by atoms with Crippen LogP contribution >= 0.6 is 46.4 Å². The van der Waals surface area contributed by atoms with E-state index in [4.69, 9.17) is 46.4 Å². The van der Waals surface area contributed by atoms with Gasteiger partial charge in [0.25, 0.3) is 17.5 Å². The highest BCUT2D eigenvalue weighted by molar-refractivity contribution is 6.55. The number of nitrogens with one attached hydrogen (secondary N) is 1. The molecule has 0 radical (unpaired) electrons. The third kappa shape index (κ3) is 3.29. The number of imide groups is 1. The SMILES string of the molecule is O=C(CN1C(=O)c2c(Cl)c(Cl)c(Cl)c(Cl)c2C1=O)Nc1ccccc1[N+](=O)[O-]. The Morgan fingerprint density at radius 3 is 1.96 bits per heavy atom. The fourth-order valence-corrected chi connectivity index (χ4v) is 3.63. The van der Waals surface area contributed by atoms with Gasteiger partial charge in [0.15, 0.2) is 0 Å². The van der Waals surface area contributed by atoms with Gasteiger partial charge in [-0.1, -0.05) is 58.5 Å². The molecular weight excluding hydrogens is 456 g/mol. The lowest BCUT2D eigenvalue weighted by atomic mass is 10.1. The van der Waals surface area contributed by atoms with Crippen LogP contribution in [-0.2, 0) is 4.79 Å². The number of carbonyl (C=O) groups is 3. The monoisotopic (exact) mass is 461 g/mol. The maximum atomic E-state index is 12.6. The Bertz CT molecular complexity index is 1030. The van der Waals surface area contributed by atoms with Crippen LogP contribution in [0.25, 0.3) is 0 Å². The summed E-state index contributed by atoms with van der Waals surface area (Å²) in [5.41, 5.74) is -0.951. The van der Waals surface area contributed by atoms with Crippen LogP contribution < -0.4 is 5.32 Å². The highest BCUT2D eigenvalue weighted by Crippen LogP contribution is 2.44. The molecule has 0 aromatic heterocycles. The van der Waals surface area contributed by atoms with Gasteiger partial charge in [-0.2, -0.15) is 0 Å². The maximum Gasteiger partial charge on any atom is 0.292 e. The smallest absolute Gasteiger partial charge is 0.292 e. The number of anilines is 1. The van der Waals surface area contributed by atoms with Gasteiger partial charge in [-0.05, 0) is 6.07 Å². The minimum absolute atomic E-state index is 0.0868. The second-order valence-electron chi connectivity index (χ2n) is 5.52. The zero-order chi connectivity index (χ0) is 20.7. The summed E-state index contributed by atoms with van der Waals surface area (Å²) in [5, 5.41) is 12.4. The second kappa shape index (κ2) is 7.56. The number of nitro benzene ring substituents is 1. The molecule has 1 N–H and O–H groups in total. The van der Waals surface area contributed by atoms with Crippen LogP contribution in [0.15, 0.2) is 24.3 Å². The Labute approximate surface area is 177 Å². The first-order chi connectivity index (χ1) is 13.1. The van der Waals surface area contributed by atoms with Crippen molar-refractivity contribution in [1.29, 1.82) is 0 Å². The molecule has 2 aromatic carbocycles. The van der Waals surface area contributed by atoms with Crippen molar-refractivity contribution in [3.8, 4) is 0 Å². The Morgan fingerprint density at radius 1 is 0.964 bits per heavy atom. The van der Waals surface area contributed by atoms with Crippen molar-refractivity contribution >= 4 is 75.5 Å². The fourth-order valence-electron chi connectivity index (χ4n) is 2.61. The van der Waals surface area contributed by atoms with E-state index >= 15 is 0 Å². The maximum absolute atomic E-state index is 12.6. The summed E-state index contributed by atoms with van der Waals surface area (Å²) in [6.07, 6.45) is 0. The Balaban J connectivity index is 1.89. The summed E-state index contributed by atoms with van der Waals surface area (Å²) in [6.45, 7) is -0.722. The fraction of sp³-hybridized carbons (Fsp3) is 0.0625. The number of rotatable bonds is 4. The van der Waals surface area contributed by atoms with Crippen LogP contribution in [0, 0.1) is 10.1 Å². The largest absolute Gasteiger partial charge is 0.319 e. The van der Waals surface area contributed by atoms with Crippen molar-refractivity contribution in [3.63, 3.8) is 0 Å². The van der Waals surface area contributed by atoms with Crippen LogP contribution in [0.3, 0.4) is 0 Å². The van der Waals surface area contributed by atoms with Gasteiger partial charge < -0.3 is 5.32 Å². The highest BCUT2D eigenvalue weighted by Gasteiger charge is 2.42. The Morgan fingerprint density at radius 2 is 1.46 bits per heavy atom. The molecule has 28 heavy (non-hydrogen) atoms. The van der Waals surface area contributed by atoms with E-state index in [-0.39, 0.29) is 42.6 Å². The number of benzene rings is 2. The third-order valence-corrected chi connectivity index (χ3v) is 5.66. The number of nitro groups is 1. The van der Waals surface area contributed by atoms with E-state index in [2.05, 4.69) is 5.32 Å². The van der Waals surface area contributed by atoms with Crippen LogP contribution in [-0.4, -0.2) is 34.1 Å². The average Bonchev–Trinajstić information content (AvgIpc) is 2.89. The normalized spacial score (nSPS) is 12.9. The zero-order valence-corrected chi connectivity index (χ0v) is 16.5. The van der Waals surface area contributed by atoms with Gasteiger partial charge in [0.05, 0.1) is 36.1 Å². The number of amides is 3. The molecule has 0 saturated heterocycles. The Hall–Kier alpha value is -2.39. The van der Waals surface area contributed by atoms with Gasteiger partial charge in [0.1, 0.15) is 12.2 Å². The molecule has 1 aliphatic heterocycles. The lowest BCUT2D eigenvalue weighted by Crippen LogP contribution is -2.37. The van der Waals surface area contributed by atoms with E-state index in [1.165, 1.54) is 24.3 Å². The molecule has 0 unspecified atom stereocenters. The number of nitrogens with zero attached hydrogens (tertiary/aromatic N) is 2. The van der Waals surface area contributed by atoms with Crippen molar-refractivity contribution in [2.45, 2.75) is 0 Å². The molecule has 1 heterocycles. The predicted octanol–water partition coefficient (Wildman–Crippen LogP) is 4.44. The van der Waals surface area contributed by atoms with Crippen molar-refractivity contribution in [3.05, 3.63) is 65.6 Å². The zero-order valence-electron chi connectivity index (χ0n) is 13.5. The van der Waals surface area contributed by atoms with E-state index in [9.17, 15) is 24.5 Å². The van der Waals surface area contributed by atoms with E-state index in [1.54, 1.807) is 0 Å². The summed E-state index contributed by atoms with van der Waals surface area (Å²) in [5.74, 6) is -2.61. The minimum atomic E-state index is -0.886. The number of hydrogen-bond acceptors (Lipinski definition) is 5. The van der Waals surface area contributed by atoms with Crippen LogP contribution in [0.4, 0.5) is 11.4 Å². The van der Waals surface area contributed by atoms with Crippen molar-refractivity contribution in [2.75, 3.05) is 11.9 Å². The molecule has 3 amide bonds. The van der Waals surface area contributed by atoms with Crippen LogP contribution in [0.5, 0.6) is 0 Å². The van der Waals surface area contributed by atoms with Crippen molar-refractivity contribution in [2.24, 2.45) is 0 Å². The highest BCUT2D eigenvalue weighted by atomic mass is 35.5. The summed E-state index contributed by atoms with van der Waals surface area (Å²) in [6, 6.07) is 5.41. The molecule has 0 bridgehead atoms. The van der Waals surface area contributed by atoms with Gasteiger partial charge in [0.2, 0.25) is 5.91 Å². The molecular formula is C16H7Cl4N3O5. The number of halogens is 4. The molecule has 0 atom stereocenters. The molecule has 1 aliphatic rings. The van der Waals surface area contributed by atoms with E-state index in [1.807, 2.05) is 0 Å². The molecule has 12 heteroatoms. The van der Waals surface area contributed by atoms with Gasteiger partial charge in [0, 0.05) is 6.07 Å². The number of fused-ring (bicyclic) bond motifs is 1. The number of carbonyl (C=O) groups excluding carboxylic acids is 3. The lowest BCUT2D eigenvalue weighted by molar-refractivity contribution is -0.383. The summed E-state index contributed by atoms with van der Waals surface area (Å²) >= 11 is 23.9. The van der Waals surface area contributed by atoms with Gasteiger partial charge in [-0.3, -0.25) is 29.4 Å². The number of hydrogen-bond donors (Lipinski definition) is 1. The van der Waals surface area contributed by atoms with E-state index < -0.39 is 29.2 Å². The topological polar surface area (TPSA) is 110 Å². The molecule has 0 aliphatic carbocycles. The molecule has 0 fully saturated rings. The average molecular weight is 463 g/mol. The first-order valence-electron chi connectivity index (χ1n) is 7.40. The summed E-state index contributed by atoms with van der Waals surface area (Å²) in [7, 11) is 0. The second-order valence-corrected chi connectivity index (χ2v) is 7.04. The van der Waals surface area contributed by atoms with Gasteiger partial charge in [-0.15, -0.1) is 0 Å². The lowest BCUT2D eigenvalue weighted by Gasteiger charge is -2.13. The summed E-state index contributed by atoms with van der Waals surface area (Å²) in [4.78, 5) is 48.4. The molecule has 2 aromatic rings. The molecule has 144 valence electrons. The standard InChI is InChI=1S/C16H7Cl4N3O5/c17-11-9-10(12(18)14(20)13(11)19)16(26)22(15(9)25)5-8(24)21-6-3-1-2-4-7(6)23(27)28/h1-4H,5H2,(H,21,24). The molecule has 0 spiro atoms. The first kappa shape index (κ1) is 20.3. The van der Waals surface area contributed by atoms with Gasteiger partial charge >= 0.3 is 0 Å². The van der Waals surface area contributed by atoms with E-state index in [0.29, 0.717) is 4.90 Å². The van der Waals surface area contributed by atoms with Gasteiger partial charge in [-0.25, -0.2) is 0 Å². The first-order valence-corrected chi connectivity index (χ1v) is 8.91.